The van der Waals surface area contributed by atoms with Gasteiger partial charge in [0.15, 0.2) is 0 Å². The second-order valence-electron chi connectivity index (χ2n) is 4.35. The van der Waals surface area contributed by atoms with Crippen LogP contribution in [0.3, 0.4) is 0 Å². The van der Waals surface area contributed by atoms with Crippen LogP contribution in [0.25, 0.3) is 10.2 Å². The van der Waals surface area contributed by atoms with Gasteiger partial charge in [0.25, 0.3) is 0 Å². The number of amides is 1. The molecular formula is C11H12N4O2S. The number of aryl methyl sites for hydroxylation is 1. The predicted octanol–water partition coefficient (Wildman–Crippen LogP) is 1.92. The molecule has 0 aromatic carbocycles. The average Bonchev–Trinajstić information content (AvgIpc) is 3.06. The highest BCUT2D eigenvalue weighted by molar-refractivity contribution is 7.21. The summed E-state index contributed by atoms with van der Waals surface area (Å²) in [4.78, 5) is 20.5. The van der Waals surface area contributed by atoms with Crippen molar-refractivity contribution >= 4 is 33.3 Å². The Morgan fingerprint density at radius 1 is 1.44 bits per heavy atom. The Hall–Kier alpha value is -1.89. The topological polar surface area (TPSA) is 104 Å². The molecule has 3 rings (SSSR count). The minimum absolute atomic E-state index is 0.294. The monoisotopic (exact) mass is 264 g/mol. The fraction of sp³-hybridized carbons (Fsp3) is 0.364. The zero-order chi connectivity index (χ0) is 12.9. The number of ether oxygens (including phenoxy) is 1. The van der Waals surface area contributed by atoms with Gasteiger partial charge in [0.1, 0.15) is 10.7 Å². The van der Waals surface area contributed by atoms with Gasteiger partial charge >= 0.3 is 6.09 Å². The molecule has 1 aliphatic rings. The lowest BCUT2D eigenvalue weighted by molar-refractivity contribution is 0.212. The summed E-state index contributed by atoms with van der Waals surface area (Å²) < 4.78 is 4.87. The first kappa shape index (κ1) is 11.2. The molecule has 18 heavy (non-hydrogen) atoms. The summed E-state index contributed by atoms with van der Waals surface area (Å²) in [6.45, 7) is 1.88. The lowest BCUT2D eigenvalue weighted by Crippen LogP contribution is -2.16. The third-order valence-corrected chi connectivity index (χ3v) is 3.87. The van der Waals surface area contributed by atoms with E-state index in [1.165, 1.54) is 11.3 Å². The maximum absolute atomic E-state index is 10.8. The van der Waals surface area contributed by atoms with Crippen LogP contribution in [0.1, 0.15) is 30.3 Å². The van der Waals surface area contributed by atoms with Gasteiger partial charge in [-0.05, 0) is 19.8 Å². The summed E-state index contributed by atoms with van der Waals surface area (Å²) in [5.41, 5.74) is 12.1. The van der Waals surface area contributed by atoms with Crippen LogP contribution < -0.4 is 16.2 Å². The molecule has 0 unspecified atom stereocenters. The van der Waals surface area contributed by atoms with Crippen LogP contribution >= 0.6 is 11.3 Å². The Labute approximate surface area is 107 Å². The quantitative estimate of drug-likeness (QED) is 0.862. The van der Waals surface area contributed by atoms with Crippen LogP contribution in [0.5, 0.6) is 5.06 Å². The zero-order valence-corrected chi connectivity index (χ0v) is 10.6. The number of nitrogens with zero attached hydrogens (tertiary/aromatic N) is 2. The van der Waals surface area contributed by atoms with Crippen molar-refractivity contribution in [3.8, 4) is 5.06 Å². The fourth-order valence-electron chi connectivity index (χ4n) is 1.89. The van der Waals surface area contributed by atoms with E-state index < -0.39 is 6.09 Å². The Kier molecular flexibility index (Phi) is 2.37. The second-order valence-corrected chi connectivity index (χ2v) is 5.31. The largest absolute Gasteiger partial charge is 0.410 e. The van der Waals surface area contributed by atoms with E-state index >= 15 is 0 Å². The van der Waals surface area contributed by atoms with Gasteiger partial charge in [-0.2, -0.15) is 0 Å². The number of rotatable bonds is 2. The van der Waals surface area contributed by atoms with Crippen LogP contribution in [0, 0.1) is 6.92 Å². The number of nitrogen functional groups attached to an aromatic ring is 1. The molecule has 2 aromatic rings. The molecule has 0 bridgehead atoms. The minimum Gasteiger partial charge on any atom is -0.397 e. The van der Waals surface area contributed by atoms with Crippen molar-refractivity contribution in [1.29, 1.82) is 0 Å². The van der Waals surface area contributed by atoms with E-state index in [2.05, 4.69) is 9.97 Å². The molecular weight excluding hydrogens is 252 g/mol. The van der Waals surface area contributed by atoms with Gasteiger partial charge in [-0.15, -0.1) is 0 Å². The van der Waals surface area contributed by atoms with Crippen molar-refractivity contribution in [1.82, 2.24) is 9.97 Å². The lowest BCUT2D eigenvalue weighted by atomic mass is 10.2. The molecule has 2 aromatic heterocycles. The summed E-state index contributed by atoms with van der Waals surface area (Å²) in [5, 5.41) is 1.04. The number of hydrogen-bond acceptors (Lipinski definition) is 6. The van der Waals surface area contributed by atoms with Gasteiger partial charge in [-0.3, -0.25) is 0 Å². The van der Waals surface area contributed by atoms with Gasteiger partial charge in [0, 0.05) is 5.92 Å². The highest BCUT2D eigenvalue weighted by Gasteiger charge is 2.28. The van der Waals surface area contributed by atoms with Crippen molar-refractivity contribution in [2.24, 2.45) is 5.73 Å². The number of fused-ring (bicyclic) bond motifs is 1. The van der Waals surface area contributed by atoms with E-state index in [9.17, 15) is 4.79 Å². The molecule has 2 heterocycles. The number of carbonyl (C=O) groups excluding carboxylic acids is 1. The minimum atomic E-state index is -0.874. The molecule has 0 radical (unpaired) electrons. The van der Waals surface area contributed by atoms with Gasteiger partial charge in [-0.1, -0.05) is 11.3 Å². The van der Waals surface area contributed by atoms with Crippen LogP contribution in [-0.2, 0) is 0 Å². The summed E-state index contributed by atoms with van der Waals surface area (Å²) in [7, 11) is 0. The summed E-state index contributed by atoms with van der Waals surface area (Å²) in [6.07, 6.45) is 1.40. The van der Waals surface area contributed by atoms with Gasteiger partial charge in [0.2, 0.25) is 5.06 Å². The highest BCUT2D eigenvalue weighted by atomic mass is 32.1. The molecule has 0 spiro atoms. The third kappa shape index (κ3) is 1.76. The molecule has 94 valence electrons. The molecule has 0 aliphatic heterocycles. The number of carbonyl (C=O) groups is 1. The summed E-state index contributed by atoms with van der Waals surface area (Å²) in [5.74, 6) is 1.32. The first-order chi connectivity index (χ1) is 8.56. The number of thiophene rings is 1. The maximum atomic E-state index is 10.8. The number of hydrogen-bond donors (Lipinski definition) is 2. The highest BCUT2D eigenvalue weighted by Crippen LogP contribution is 2.43. The van der Waals surface area contributed by atoms with E-state index in [4.69, 9.17) is 16.2 Å². The van der Waals surface area contributed by atoms with Crippen LogP contribution in [0.15, 0.2) is 0 Å². The predicted molar refractivity (Wildman–Crippen MR) is 68.8 cm³/mol. The van der Waals surface area contributed by atoms with Crippen molar-refractivity contribution in [2.45, 2.75) is 25.7 Å². The van der Waals surface area contributed by atoms with E-state index in [0.29, 0.717) is 16.7 Å². The number of aromatic nitrogens is 2. The normalized spacial score (nSPS) is 14.9. The summed E-state index contributed by atoms with van der Waals surface area (Å²) >= 11 is 1.23. The van der Waals surface area contributed by atoms with Gasteiger partial charge < -0.3 is 16.2 Å². The SMILES string of the molecule is Cc1nc(C2CC2)nc2sc(OC(N)=O)c(N)c12. The third-order valence-electron chi connectivity index (χ3n) is 2.89. The van der Waals surface area contributed by atoms with E-state index in [1.54, 1.807) is 0 Å². The molecule has 7 heteroatoms. The van der Waals surface area contributed by atoms with Crippen molar-refractivity contribution < 1.29 is 9.53 Å². The number of anilines is 1. The molecule has 6 nitrogen and oxygen atoms in total. The van der Waals surface area contributed by atoms with Crippen LogP contribution in [0.2, 0.25) is 0 Å². The Balaban J connectivity index is 2.16. The standard InChI is InChI=1S/C11H12N4O2S/c1-4-6-7(12)10(17-11(13)16)18-9(6)15-8(14-4)5-2-3-5/h5H,2-3,12H2,1H3,(H2,13,16). The van der Waals surface area contributed by atoms with Crippen molar-refractivity contribution in [3.05, 3.63) is 11.5 Å². The Morgan fingerprint density at radius 2 is 2.17 bits per heavy atom. The van der Waals surface area contributed by atoms with Gasteiger partial charge in [-0.25, -0.2) is 14.8 Å². The Bertz CT molecular complexity index is 648. The molecule has 0 saturated heterocycles. The number of primary amides is 1. The first-order valence-corrected chi connectivity index (χ1v) is 6.41. The summed E-state index contributed by atoms with van der Waals surface area (Å²) in [6, 6.07) is 0. The van der Waals surface area contributed by atoms with E-state index in [-0.39, 0.29) is 0 Å². The number of nitrogens with two attached hydrogens (primary N) is 2. The first-order valence-electron chi connectivity index (χ1n) is 5.60. The van der Waals surface area contributed by atoms with Crippen molar-refractivity contribution in [3.63, 3.8) is 0 Å². The zero-order valence-electron chi connectivity index (χ0n) is 9.77. The lowest BCUT2D eigenvalue weighted by Gasteiger charge is -2.01. The fourth-order valence-corrected chi connectivity index (χ4v) is 2.90. The molecule has 1 aliphatic carbocycles. The molecule has 0 atom stereocenters. The molecule has 1 amide bonds. The van der Waals surface area contributed by atoms with Crippen LogP contribution in [-0.4, -0.2) is 16.1 Å². The molecule has 1 fully saturated rings. The Morgan fingerprint density at radius 3 is 2.78 bits per heavy atom. The average molecular weight is 264 g/mol. The van der Waals surface area contributed by atoms with Crippen molar-refractivity contribution in [2.75, 3.05) is 5.73 Å². The van der Waals surface area contributed by atoms with Crippen LogP contribution in [0.4, 0.5) is 10.5 Å². The van der Waals surface area contributed by atoms with E-state index in [1.807, 2.05) is 6.92 Å². The van der Waals surface area contributed by atoms with E-state index in [0.717, 1.165) is 34.6 Å². The smallest absolute Gasteiger partial charge is 0.397 e. The molecule has 4 N–H and O–H groups in total. The second kappa shape index (κ2) is 3.81. The molecule has 1 saturated carbocycles. The van der Waals surface area contributed by atoms with Gasteiger partial charge in [0.05, 0.1) is 16.8 Å². The maximum Gasteiger partial charge on any atom is 0.410 e.